The van der Waals surface area contributed by atoms with E-state index in [9.17, 15) is 0 Å². The fourth-order valence-electron chi connectivity index (χ4n) is 3.87. The molecule has 2 aromatic carbocycles. The Hall–Kier alpha value is -2.06. The summed E-state index contributed by atoms with van der Waals surface area (Å²) in [6.07, 6.45) is 7.32. The summed E-state index contributed by atoms with van der Waals surface area (Å²) >= 11 is 0. The number of aromatic amines is 1. The third-order valence-corrected chi connectivity index (χ3v) is 5.10. The van der Waals surface area contributed by atoms with Gasteiger partial charge in [-0.05, 0) is 49.5 Å². The Morgan fingerprint density at radius 2 is 1.61 bits per heavy atom. The van der Waals surface area contributed by atoms with Crippen molar-refractivity contribution in [1.29, 1.82) is 0 Å². The lowest BCUT2D eigenvalue weighted by Crippen LogP contribution is -2.34. The van der Waals surface area contributed by atoms with Crippen LogP contribution in [0, 0.1) is 0 Å². The molecule has 0 radical (unpaired) electrons. The van der Waals surface area contributed by atoms with Crippen molar-refractivity contribution in [3.63, 3.8) is 0 Å². The van der Waals surface area contributed by atoms with E-state index in [1.165, 1.54) is 54.4 Å². The molecule has 1 fully saturated rings. The molecule has 1 N–H and O–H groups in total. The Bertz CT molecular complexity index is 754. The Morgan fingerprint density at radius 1 is 0.870 bits per heavy atom. The average molecular weight is 304 g/mol. The van der Waals surface area contributed by atoms with Gasteiger partial charge >= 0.3 is 0 Å². The molecule has 1 aliphatic heterocycles. The molecule has 0 spiro atoms. The highest BCUT2D eigenvalue weighted by atomic mass is 15.2. The first-order chi connectivity index (χ1) is 11.4. The maximum Gasteiger partial charge on any atom is 0.0456 e. The number of piperidine rings is 1. The number of nitrogens with one attached hydrogen (secondary N) is 1. The number of H-pyrrole nitrogens is 1. The number of para-hydroxylation sites is 1. The molecule has 23 heavy (non-hydrogen) atoms. The van der Waals surface area contributed by atoms with E-state index in [0.29, 0.717) is 6.04 Å². The molecular weight excluding hydrogens is 280 g/mol. The summed E-state index contributed by atoms with van der Waals surface area (Å²) in [5.41, 5.74) is 4.12. The Labute approximate surface area is 138 Å². The molecule has 118 valence electrons. The fraction of sp³-hybridized carbons (Fsp3) is 0.333. The number of nitrogens with zero attached hydrogens (tertiary/aromatic N) is 1. The zero-order chi connectivity index (χ0) is 15.5. The van der Waals surface area contributed by atoms with Crippen molar-refractivity contribution in [2.45, 2.75) is 31.7 Å². The summed E-state index contributed by atoms with van der Waals surface area (Å²) in [4.78, 5) is 6.11. The molecule has 0 saturated carbocycles. The number of fused-ring (bicyclic) bond motifs is 1. The first kappa shape index (κ1) is 14.5. The summed E-state index contributed by atoms with van der Waals surface area (Å²) in [6, 6.07) is 20.1. The lowest BCUT2D eigenvalue weighted by atomic mass is 9.95. The third-order valence-electron chi connectivity index (χ3n) is 5.10. The Kier molecular flexibility index (Phi) is 4.16. The highest BCUT2D eigenvalue weighted by Gasteiger charge is 2.23. The van der Waals surface area contributed by atoms with Gasteiger partial charge in [-0.3, -0.25) is 4.90 Å². The van der Waals surface area contributed by atoms with E-state index in [1.807, 2.05) is 0 Å². The molecule has 1 saturated heterocycles. The second-order valence-electron chi connectivity index (χ2n) is 6.59. The minimum absolute atomic E-state index is 0.482. The molecule has 2 nitrogen and oxygen atoms in total. The van der Waals surface area contributed by atoms with Gasteiger partial charge in [0, 0.05) is 23.1 Å². The first-order valence-corrected chi connectivity index (χ1v) is 8.76. The van der Waals surface area contributed by atoms with Crippen LogP contribution in [0.2, 0.25) is 0 Å². The molecule has 1 aromatic heterocycles. The van der Waals surface area contributed by atoms with Crippen LogP contribution in [0.5, 0.6) is 0 Å². The minimum Gasteiger partial charge on any atom is -0.361 e. The van der Waals surface area contributed by atoms with Crippen molar-refractivity contribution in [2.24, 2.45) is 0 Å². The number of aromatic nitrogens is 1. The summed E-state index contributed by atoms with van der Waals surface area (Å²) < 4.78 is 0. The van der Waals surface area contributed by atoms with Crippen molar-refractivity contribution in [1.82, 2.24) is 9.88 Å². The van der Waals surface area contributed by atoms with Crippen LogP contribution in [-0.2, 0) is 6.42 Å². The van der Waals surface area contributed by atoms with Gasteiger partial charge in [-0.25, -0.2) is 0 Å². The van der Waals surface area contributed by atoms with Gasteiger partial charge in [-0.2, -0.15) is 0 Å². The van der Waals surface area contributed by atoms with Crippen LogP contribution in [-0.4, -0.2) is 23.0 Å². The van der Waals surface area contributed by atoms with Crippen molar-refractivity contribution in [2.75, 3.05) is 13.1 Å². The molecule has 3 aromatic rings. The van der Waals surface area contributed by atoms with Gasteiger partial charge < -0.3 is 4.98 Å². The summed E-state index contributed by atoms with van der Waals surface area (Å²) in [6.45, 7) is 2.45. The van der Waals surface area contributed by atoms with Crippen LogP contribution >= 0.6 is 0 Å². The van der Waals surface area contributed by atoms with E-state index in [1.54, 1.807) is 0 Å². The zero-order valence-corrected chi connectivity index (χ0v) is 13.5. The SMILES string of the molecule is c1ccc([C@@H](Cc2c[nH]c3ccccc23)N2CCCCC2)cc1. The van der Waals surface area contributed by atoms with Crippen molar-refractivity contribution >= 4 is 10.9 Å². The number of likely N-dealkylation sites (tertiary alicyclic amines) is 1. The number of benzene rings is 2. The molecule has 0 unspecified atom stereocenters. The molecule has 1 aliphatic rings. The van der Waals surface area contributed by atoms with Crippen LogP contribution in [0.4, 0.5) is 0 Å². The number of hydrogen-bond donors (Lipinski definition) is 1. The van der Waals surface area contributed by atoms with Gasteiger partial charge in [0.2, 0.25) is 0 Å². The van der Waals surface area contributed by atoms with Gasteiger partial charge in [0.1, 0.15) is 0 Å². The number of rotatable bonds is 4. The highest BCUT2D eigenvalue weighted by Crippen LogP contribution is 2.30. The van der Waals surface area contributed by atoms with Gasteiger partial charge in [0.05, 0.1) is 0 Å². The molecule has 0 bridgehead atoms. The molecule has 2 heteroatoms. The van der Waals surface area contributed by atoms with E-state index >= 15 is 0 Å². The van der Waals surface area contributed by atoms with Crippen LogP contribution in [0.3, 0.4) is 0 Å². The maximum atomic E-state index is 3.43. The van der Waals surface area contributed by atoms with E-state index in [2.05, 4.69) is 70.7 Å². The fourth-order valence-corrected chi connectivity index (χ4v) is 3.87. The Morgan fingerprint density at radius 3 is 2.43 bits per heavy atom. The minimum atomic E-state index is 0.482. The maximum absolute atomic E-state index is 3.43. The van der Waals surface area contributed by atoms with Crippen molar-refractivity contribution in [3.05, 3.63) is 71.9 Å². The second-order valence-corrected chi connectivity index (χ2v) is 6.59. The quantitative estimate of drug-likeness (QED) is 0.723. The number of hydrogen-bond acceptors (Lipinski definition) is 1. The van der Waals surface area contributed by atoms with Crippen LogP contribution in [0.15, 0.2) is 60.8 Å². The predicted molar refractivity (Wildman–Crippen MR) is 96.6 cm³/mol. The Balaban J connectivity index is 1.67. The summed E-state index contributed by atoms with van der Waals surface area (Å²) in [5.74, 6) is 0. The van der Waals surface area contributed by atoms with E-state index in [0.717, 1.165) is 6.42 Å². The van der Waals surface area contributed by atoms with Gasteiger partial charge in [-0.15, -0.1) is 0 Å². The molecule has 4 rings (SSSR count). The van der Waals surface area contributed by atoms with E-state index in [4.69, 9.17) is 0 Å². The van der Waals surface area contributed by atoms with Gasteiger partial charge in [0.25, 0.3) is 0 Å². The lowest BCUT2D eigenvalue weighted by Gasteiger charge is -2.35. The van der Waals surface area contributed by atoms with Crippen LogP contribution < -0.4 is 0 Å². The smallest absolute Gasteiger partial charge is 0.0456 e. The van der Waals surface area contributed by atoms with Gasteiger partial charge in [0.15, 0.2) is 0 Å². The van der Waals surface area contributed by atoms with Crippen LogP contribution in [0.25, 0.3) is 10.9 Å². The molecule has 0 amide bonds. The summed E-state index contributed by atoms with van der Waals surface area (Å²) in [5, 5.41) is 1.37. The predicted octanol–water partition coefficient (Wildman–Crippen LogP) is 4.94. The van der Waals surface area contributed by atoms with Crippen molar-refractivity contribution < 1.29 is 0 Å². The molecular formula is C21H24N2. The summed E-state index contributed by atoms with van der Waals surface area (Å²) in [7, 11) is 0. The molecule has 0 aliphatic carbocycles. The van der Waals surface area contributed by atoms with Crippen LogP contribution in [0.1, 0.15) is 36.4 Å². The highest BCUT2D eigenvalue weighted by molar-refractivity contribution is 5.83. The standard InChI is InChI=1S/C21H24N2/c1-3-9-17(10-4-1)21(23-13-7-2-8-14-23)15-18-16-22-20-12-6-5-11-19(18)20/h1,3-6,9-12,16,21-22H,2,7-8,13-15H2/t21-/m1/s1. The van der Waals surface area contributed by atoms with Crippen molar-refractivity contribution in [3.8, 4) is 0 Å². The lowest BCUT2D eigenvalue weighted by molar-refractivity contribution is 0.162. The van der Waals surface area contributed by atoms with Gasteiger partial charge in [-0.1, -0.05) is 55.0 Å². The van der Waals surface area contributed by atoms with E-state index < -0.39 is 0 Å². The second kappa shape index (κ2) is 6.59. The topological polar surface area (TPSA) is 19.0 Å². The average Bonchev–Trinajstić information content (AvgIpc) is 3.04. The molecule has 1 atom stereocenters. The van der Waals surface area contributed by atoms with E-state index in [-0.39, 0.29) is 0 Å². The zero-order valence-electron chi connectivity index (χ0n) is 13.5. The normalized spacial score (nSPS) is 17.4. The first-order valence-electron chi connectivity index (χ1n) is 8.76. The largest absolute Gasteiger partial charge is 0.361 e. The third kappa shape index (κ3) is 3.04. The monoisotopic (exact) mass is 304 g/mol. The molecule has 2 heterocycles.